The fourth-order valence-corrected chi connectivity index (χ4v) is 4.37. The molecule has 2 unspecified atom stereocenters. The van der Waals surface area contributed by atoms with E-state index in [0.29, 0.717) is 6.04 Å². The predicted octanol–water partition coefficient (Wildman–Crippen LogP) is 4.63. The molecule has 2 aromatic carbocycles. The second-order valence-corrected chi connectivity index (χ2v) is 6.81. The largest absolute Gasteiger partial charge is 0.310 e. The van der Waals surface area contributed by atoms with Crippen LogP contribution < -0.4 is 5.32 Å². The van der Waals surface area contributed by atoms with Gasteiger partial charge in [-0.25, -0.2) is 0 Å². The van der Waals surface area contributed by atoms with E-state index >= 15 is 0 Å². The number of hydrogen-bond donors (Lipinski definition) is 1. The van der Waals surface area contributed by atoms with Gasteiger partial charge in [-0.05, 0) is 59.2 Å². The molecule has 1 fully saturated rings. The molecular formula is C18H23NS. The summed E-state index contributed by atoms with van der Waals surface area (Å²) in [5.74, 6) is 3.41. The van der Waals surface area contributed by atoms with Crippen molar-refractivity contribution >= 4 is 22.5 Å². The molecule has 2 atom stereocenters. The topological polar surface area (TPSA) is 12.0 Å². The van der Waals surface area contributed by atoms with Crippen molar-refractivity contribution in [2.75, 3.05) is 18.1 Å². The number of thioether (sulfide) groups is 1. The summed E-state index contributed by atoms with van der Waals surface area (Å²) in [5.41, 5.74) is 1.46. The third-order valence-electron chi connectivity index (χ3n) is 4.18. The van der Waals surface area contributed by atoms with Crippen molar-refractivity contribution in [2.24, 2.45) is 5.92 Å². The number of nitrogens with one attached hydrogen (secondary N) is 1. The van der Waals surface area contributed by atoms with Crippen molar-refractivity contribution in [3.63, 3.8) is 0 Å². The van der Waals surface area contributed by atoms with Gasteiger partial charge in [-0.3, -0.25) is 0 Å². The number of hydrogen-bond acceptors (Lipinski definition) is 2. The number of fused-ring (bicyclic) bond motifs is 1. The van der Waals surface area contributed by atoms with Gasteiger partial charge in [0.2, 0.25) is 0 Å². The van der Waals surface area contributed by atoms with Gasteiger partial charge in [0, 0.05) is 6.04 Å². The van der Waals surface area contributed by atoms with Crippen molar-refractivity contribution in [3.8, 4) is 0 Å². The van der Waals surface area contributed by atoms with Crippen LogP contribution in [0.15, 0.2) is 42.5 Å². The highest BCUT2D eigenvalue weighted by atomic mass is 32.2. The maximum absolute atomic E-state index is 3.78. The minimum absolute atomic E-state index is 0.523. The average molecular weight is 285 g/mol. The Labute approximate surface area is 126 Å². The molecule has 0 bridgehead atoms. The maximum atomic E-state index is 3.78. The van der Waals surface area contributed by atoms with E-state index in [-0.39, 0.29) is 0 Å². The molecule has 1 aliphatic rings. The Morgan fingerprint density at radius 3 is 2.80 bits per heavy atom. The van der Waals surface area contributed by atoms with Crippen molar-refractivity contribution in [3.05, 3.63) is 48.0 Å². The summed E-state index contributed by atoms with van der Waals surface area (Å²) in [6.45, 7) is 3.35. The normalized spacial score (nSPS) is 20.4. The predicted molar refractivity (Wildman–Crippen MR) is 90.4 cm³/mol. The molecule has 1 saturated heterocycles. The lowest BCUT2D eigenvalue weighted by Gasteiger charge is -2.25. The van der Waals surface area contributed by atoms with E-state index in [1.807, 2.05) is 0 Å². The van der Waals surface area contributed by atoms with Gasteiger partial charge in [0.15, 0.2) is 0 Å². The lowest BCUT2D eigenvalue weighted by Crippen LogP contribution is -2.29. The molecule has 2 heteroatoms. The van der Waals surface area contributed by atoms with Gasteiger partial charge in [-0.2, -0.15) is 11.8 Å². The van der Waals surface area contributed by atoms with Gasteiger partial charge >= 0.3 is 0 Å². The van der Waals surface area contributed by atoms with Crippen LogP contribution in [0.25, 0.3) is 10.8 Å². The Kier molecular flexibility index (Phi) is 4.64. The Bertz CT molecular complexity index is 560. The van der Waals surface area contributed by atoms with Gasteiger partial charge in [-0.1, -0.05) is 43.3 Å². The van der Waals surface area contributed by atoms with Crippen LogP contribution in [0.5, 0.6) is 0 Å². The molecule has 1 heterocycles. The molecule has 1 nitrogen and oxygen atoms in total. The first-order chi connectivity index (χ1) is 9.88. The molecule has 3 rings (SSSR count). The minimum Gasteiger partial charge on any atom is -0.310 e. The fraction of sp³-hybridized carbons (Fsp3) is 0.444. The van der Waals surface area contributed by atoms with E-state index in [0.717, 1.165) is 12.5 Å². The fourth-order valence-electron chi connectivity index (χ4n) is 3.07. The molecule has 0 saturated carbocycles. The van der Waals surface area contributed by atoms with Crippen molar-refractivity contribution in [1.29, 1.82) is 0 Å². The first kappa shape index (κ1) is 14.0. The molecule has 0 spiro atoms. The first-order valence-corrected chi connectivity index (χ1v) is 8.84. The highest BCUT2D eigenvalue weighted by molar-refractivity contribution is 7.99. The van der Waals surface area contributed by atoms with Gasteiger partial charge in [0.1, 0.15) is 0 Å². The molecular weight excluding hydrogens is 262 g/mol. The summed E-state index contributed by atoms with van der Waals surface area (Å²) < 4.78 is 0. The average Bonchev–Trinajstić information content (AvgIpc) is 3.02. The number of benzene rings is 2. The quantitative estimate of drug-likeness (QED) is 0.859. The van der Waals surface area contributed by atoms with Crippen LogP contribution in [0.1, 0.15) is 31.4 Å². The third kappa shape index (κ3) is 3.02. The summed E-state index contributed by atoms with van der Waals surface area (Å²) in [5, 5.41) is 6.48. The summed E-state index contributed by atoms with van der Waals surface area (Å²) in [7, 11) is 0. The Balaban J connectivity index is 1.90. The standard InChI is InChI=1S/C18H23NS/c1-2-10-19-18(17-9-11-20-13-17)16-8-7-14-5-3-4-6-15(14)12-16/h3-8,12,17-19H,2,9-11,13H2,1H3. The Morgan fingerprint density at radius 1 is 1.20 bits per heavy atom. The Morgan fingerprint density at radius 2 is 2.05 bits per heavy atom. The Hall–Kier alpha value is -0.990. The van der Waals surface area contributed by atoms with Crippen molar-refractivity contribution in [1.82, 2.24) is 5.32 Å². The van der Waals surface area contributed by atoms with Gasteiger partial charge in [0.25, 0.3) is 0 Å². The zero-order valence-electron chi connectivity index (χ0n) is 12.1. The van der Waals surface area contributed by atoms with Crippen LogP contribution >= 0.6 is 11.8 Å². The molecule has 106 valence electrons. The minimum atomic E-state index is 0.523. The highest BCUT2D eigenvalue weighted by Crippen LogP contribution is 2.35. The summed E-state index contributed by atoms with van der Waals surface area (Å²) in [6.07, 6.45) is 2.54. The van der Waals surface area contributed by atoms with Crippen LogP contribution in [-0.2, 0) is 0 Å². The van der Waals surface area contributed by atoms with E-state index in [2.05, 4.69) is 66.5 Å². The lowest BCUT2D eigenvalue weighted by molar-refractivity contribution is 0.394. The first-order valence-electron chi connectivity index (χ1n) is 7.68. The molecule has 0 radical (unpaired) electrons. The maximum Gasteiger partial charge on any atom is 0.0357 e. The zero-order valence-corrected chi connectivity index (χ0v) is 13.0. The molecule has 0 amide bonds. The van der Waals surface area contributed by atoms with E-state index in [9.17, 15) is 0 Å². The summed E-state index contributed by atoms with van der Waals surface area (Å²) in [4.78, 5) is 0. The zero-order chi connectivity index (χ0) is 13.8. The second-order valence-electron chi connectivity index (χ2n) is 5.66. The van der Waals surface area contributed by atoms with E-state index in [1.165, 1.54) is 40.7 Å². The monoisotopic (exact) mass is 285 g/mol. The van der Waals surface area contributed by atoms with Crippen LogP contribution in [0.4, 0.5) is 0 Å². The SMILES string of the molecule is CCCNC(c1ccc2ccccc2c1)C1CCSC1. The molecule has 0 aliphatic carbocycles. The molecule has 20 heavy (non-hydrogen) atoms. The van der Waals surface area contributed by atoms with Crippen LogP contribution in [0.3, 0.4) is 0 Å². The third-order valence-corrected chi connectivity index (χ3v) is 5.37. The summed E-state index contributed by atoms with van der Waals surface area (Å²) >= 11 is 2.10. The van der Waals surface area contributed by atoms with Crippen LogP contribution in [-0.4, -0.2) is 18.1 Å². The summed E-state index contributed by atoms with van der Waals surface area (Å²) in [6, 6.07) is 16.2. The van der Waals surface area contributed by atoms with Gasteiger partial charge in [0.05, 0.1) is 0 Å². The highest BCUT2D eigenvalue weighted by Gasteiger charge is 2.26. The van der Waals surface area contributed by atoms with Crippen molar-refractivity contribution in [2.45, 2.75) is 25.8 Å². The smallest absolute Gasteiger partial charge is 0.0357 e. The lowest BCUT2D eigenvalue weighted by atomic mass is 9.91. The second kappa shape index (κ2) is 6.64. The molecule has 2 aromatic rings. The van der Waals surface area contributed by atoms with Crippen molar-refractivity contribution < 1.29 is 0 Å². The van der Waals surface area contributed by atoms with Gasteiger partial charge in [-0.15, -0.1) is 0 Å². The van der Waals surface area contributed by atoms with E-state index in [4.69, 9.17) is 0 Å². The van der Waals surface area contributed by atoms with Crippen LogP contribution in [0, 0.1) is 5.92 Å². The van der Waals surface area contributed by atoms with Gasteiger partial charge < -0.3 is 5.32 Å². The number of rotatable bonds is 5. The van der Waals surface area contributed by atoms with E-state index in [1.54, 1.807) is 0 Å². The molecule has 1 aliphatic heterocycles. The molecule has 0 aromatic heterocycles. The molecule has 1 N–H and O–H groups in total. The van der Waals surface area contributed by atoms with E-state index < -0.39 is 0 Å². The van der Waals surface area contributed by atoms with Crippen LogP contribution in [0.2, 0.25) is 0 Å².